The van der Waals surface area contributed by atoms with Crippen LogP contribution in [0.25, 0.3) is 0 Å². The minimum absolute atomic E-state index is 0.438. The highest BCUT2D eigenvalue weighted by molar-refractivity contribution is 5.69. The van der Waals surface area contributed by atoms with Crippen molar-refractivity contribution in [1.29, 1.82) is 0 Å². The molecule has 0 aliphatic carbocycles. The van der Waals surface area contributed by atoms with E-state index in [1.165, 1.54) is 11.1 Å². The van der Waals surface area contributed by atoms with E-state index in [0.717, 1.165) is 5.69 Å². The summed E-state index contributed by atoms with van der Waals surface area (Å²) < 4.78 is 0. The Morgan fingerprint density at radius 1 is 1.17 bits per heavy atom. The summed E-state index contributed by atoms with van der Waals surface area (Å²) in [5.74, 6) is 0.438. The lowest BCUT2D eigenvalue weighted by Crippen LogP contribution is -2.03. The molecule has 0 atom stereocenters. The number of anilines is 2. The summed E-state index contributed by atoms with van der Waals surface area (Å²) >= 11 is 0. The largest absolute Gasteiger partial charge is 0.397 e. The molecule has 2 nitrogen and oxygen atoms in total. The van der Waals surface area contributed by atoms with Crippen LogP contribution in [-0.4, -0.2) is 0 Å². The maximum absolute atomic E-state index is 5.86. The number of hydrogen-bond donors (Lipinski definition) is 2. The summed E-state index contributed by atoms with van der Waals surface area (Å²) in [7, 11) is 0. The van der Waals surface area contributed by atoms with Gasteiger partial charge in [-0.05, 0) is 30.0 Å². The van der Waals surface area contributed by atoms with Crippen molar-refractivity contribution in [3.8, 4) is 0 Å². The molecule has 0 saturated carbocycles. The zero-order valence-electron chi connectivity index (χ0n) is 7.89. The molecular formula is C10H16N2. The van der Waals surface area contributed by atoms with Gasteiger partial charge in [-0.1, -0.05) is 19.9 Å². The lowest BCUT2D eigenvalue weighted by molar-refractivity contribution is 0.860. The lowest BCUT2D eigenvalue weighted by atomic mass is 9.95. The van der Waals surface area contributed by atoms with Crippen molar-refractivity contribution < 1.29 is 0 Å². The van der Waals surface area contributed by atoms with Gasteiger partial charge >= 0.3 is 0 Å². The number of benzene rings is 1. The van der Waals surface area contributed by atoms with Crippen LogP contribution in [0.2, 0.25) is 0 Å². The third kappa shape index (κ3) is 1.37. The zero-order chi connectivity index (χ0) is 9.30. The highest BCUT2D eigenvalue weighted by Crippen LogP contribution is 2.29. The summed E-state index contributed by atoms with van der Waals surface area (Å²) in [6, 6.07) is 3.87. The van der Waals surface area contributed by atoms with Crippen molar-refractivity contribution in [2.45, 2.75) is 26.7 Å². The second-order valence-electron chi connectivity index (χ2n) is 3.45. The number of rotatable bonds is 1. The Morgan fingerprint density at radius 3 is 2.17 bits per heavy atom. The molecule has 0 amide bonds. The number of nitrogens with two attached hydrogens (primary N) is 2. The van der Waals surface area contributed by atoms with Gasteiger partial charge in [-0.2, -0.15) is 0 Å². The van der Waals surface area contributed by atoms with Gasteiger partial charge in [0.15, 0.2) is 0 Å². The fourth-order valence-corrected chi connectivity index (χ4v) is 1.53. The molecule has 1 rings (SSSR count). The zero-order valence-corrected chi connectivity index (χ0v) is 7.89. The van der Waals surface area contributed by atoms with E-state index in [9.17, 15) is 0 Å². The van der Waals surface area contributed by atoms with Crippen LogP contribution >= 0.6 is 0 Å². The molecule has 0 saturated heterocycles. The molecule has 0 aromatic heterocycles. The third-order valence-corrected chi connectivity index (χ3v) is 2.12. The highest BCUT2D eigenvalue weighted by Gasteiger charge is 2.09. The molecule has 0 aliphatic rings. The molecule has 1 aromatic rings. The smallest absolute Gasteiger partial charge is 0.0585 e. The van der Waals surface area contributed by atoms with Crippen LogP contribution in [0.3, 0.4) is 0 Å². The van der Waals surface area contributed by atoms with Crippen molar-refractivity contribution in [2.24, 2.45) is 0 Å². The first-order chi connectivity index (χ1) is 5.54. The Morgan fingerprint density at radius 2 is 1.75 bits per heavy atom. The van der Waals surface area contributed by atoms with Crippen molar-refractivity contribution in [2.75, 3.05) is 11.5 Å². The van der Waals surface area contributed by atoms with Crippen molar-refractivity contribution in [3.63, 3.8) is 0 Å². The van der Waals surface area contributed by atoms with Crippen molar-refractivity contribution in [3.05, 3.63) is 23.3 Å². The standard InChI is InChI=1S/C10H16N2/c1-6(2)9-7(3)4-5-8(11)10(9)12/h4-6H,11-12H2,1-3H3. The lowest BCUT2D eigenvalue weighted by Gasteiger charge is -2.14. The number of nitrogen functional groups attached to an aromatic ring is 2. The molecule has 1 aromatic carbocycles. The molecule has 0 spiro atoms. The van der Waals surface area contributed by atoms with Gasteiger partial charge in [-0.25, -0.2) is 0 Å². The van der Waals surface area contributed by atoms with Gasteiger partial charge in [-0.15, -0.1) is 0 Å². The summed E-state index contributed by atoms with van der Waals surface area (Å²) in [5.41, 5.74) is 15.4. The summed E-state index contributed by atoms with van der Waals surface area (Å²) in [6.07, 6.45) is 0. The van der Waals surface area contributed by atoms with Crippen LogP contribution in [0.4, 0.5) is 11.4 Å². The fraction of sp³-hybridized carbons (Fsp3) is 0.400. The Hall–Kier alpha value is -1.18. The molecule has 0 unspecified atom stereocenters. The van der Waals surface area contributed by atoms with E-state index >= 15 is 0 Å². The summed E-state index contributed by atoms with van der Waals surface area (Å²) in [4.78, 5) is 0. The summed E-state index contributed by atoms with van der Waals surface area (Å²) in [5, 5.41) is 0. The molecule has 2 heteroatoms. The summed E-state index contributed by atoms with van der Waals surface area (Å²) in [6.45, 7) is 6.31. The molecule has 4 N–H and O–H groups in total. The van der Waals surface area contributed by atoms with E-state index < -0.39 is 0 Å². The van der Waals surface area contributed by atoms with Crippen LogP contribution in [0, 0.1) is 6.92 Å². The predicted octanol–water partition coefficient (Wildman–Crippen LogP) is 2.28. The molecular weight excluding hydrogens is 148 g/mol. The predicted molar refractivity (Wildman–Crippen MR) is 54.1 cm³/mol. The third-order valence-electron chi connectivity index (χ3n) is 2.12. The maximum Gasteiger partial charge on any atom is 0.0585 e. The molecule has 0 fully saturated rings. The first-order valence-electron chi connectivity index (χ1n) is 4.18. The molecule has 12 heavy (non-hydrogen) atoms. The van der Waals surface area contributed by atoms with E-state index in [4.69, 9.17) is 11.5 Å². The Balaban J connectivity index is 3.33. The Labute approximate surface area is 73.6 Å². The van der Waals surface area contributed by atoms with Gasteiger partial charge in [0.2, 0.25) is 0 Å². The first kappa shape index (κ1) is 8.91. The SMILES string of the molecule is Cc1ccc(N)c(N)c1C(C)C. The van der Waals surface area contributed by atoms with E-state index in [2.05, 4.69) is 20.8 Å². The minimum atomic E-state index is 0.438. The van der Waals surface area contributed by atoms with Crippen LogP contribution in [-0.2, 0) is 0 Å². The molecule has 0 heterocycles. The minimum Gasteiger partial charge on any atom is -0.397 e. The van der Waals surface area contributed by atoms with Gasteiger partial charge in [0.05, 0.1) is 11.4 Å². The van der Waals surface area contributed by atoms with Gasteiger partial charge < -0.3 is 11.5 Å². The van der Waals surface area contributed by atoms with Gasteiger partial charge in [0.1, 0.15) is 0 Å². The van der Waals surface area contributed by atoms with Crippen LogP contribution < -0.4 is 11.5 Å². The van der Waals surface area contributed by atoms with Gasteiger partial charge in [0, 0.05) is 0 Å². The second-order valence-corrected chi connectivity index (χ2v) is 3.45. The van der Waals surface area contributed by atoms with Crippen molar-refractivity contribution >= 4 is 11.4 Å². The molecule has 0 aliphatic heterocycles. The van der Waals surface area contributed by atoms with E-state index in [1.54, 1.807) is 0 Å². The van der Waals surface area contributed by atoms with Crippen LogP contribution in [0.1, 0.15) is 30.9 Å². The Kier molecular flexibility index (Phi) is 2.27. The van der Waals surface area contributed by atoms with E-state index in [0.29, 0.717) is 11.6 Å². The molecule has 0 bridgehead atoms. The average Bonchev–Trinajstić information content (AvgIpc) is 1.97. The highest BCUT2D eigenvalue weighted by atomic mass is 14.7. The fourth-order valence-electron chi connectivity index (χ4n) is 1.53. The molecule has 66 valence electrons. The first-order valence-corrected chi connectivity index (χ1v) is 4.18. The number of aryl methyl sites for hydroxylation is 1. The quantitative estimate of drug-likeness (QED) is 0.626. The monoisotopic (exact) mass is 164 g/mol. The normalized spacial score (nSPS) is 10.7. The second kappa shape index (κ2) is 3.05. The maximum atomic E-state index is 5.86. The average molecular weight is 164 g/mol. The van der Waals surface area contributed by atoms with Crippen molar-refractivity contribution in [1.82, 2.24) is 0 Å². The van der Waals surface area contributed by atoms with Crippen LogP contribution in [0.5, 0.6) is 0 Å². The van der Waals surface area contributed by atoms with E-state index in [1.807, 2.05) is 12.1 Å². The Bertz CT molecular complexity index is 290. The van der Waals surface area contributed by atoms with Gasteiger partial charge in [0.25, 0.3) is 0 Å². The topological polar surface area (TPSA) is 52.0 Å². The molecule has 0 radical (unpaired) electrons. The van der Waals surface area contributed by atoms with E-state index in [-0.39, 0.29) is 0 Å². The van der Waals surface area contributed by atoms with Gasteiger partial charge in [-0.3, -0.25) is 0 Å². The van der Waals surface area contributed by atoms with Crippen LogP contribution in [0.15, 0.2) is 12.1 Å². The number of hydrogen-bond acceptors (Lipinski definition) is 2.